The largest absolute Gasteiger partial charge is 0.382 e. The van der Waals surface area contributed by atoms with Crippen LogP contribution >= 0.6 is 0 Å². The first-order valence-electron chi connectivity index (χ1n) is 10.7. The molecule has 0 saturated carbocycles. The van der Waals surface area contributed by atoms with Crippen molar-refractivity contribution in [2.75, 3.05) is 17.6 Å². The van der Waals surface area contributed by atoms with Crippen LogP contribution in [-0.4, -0.2) is 34.3 Å². The molecule has 9 nitrogen and oxygen atoms in total. The van der Waals surface area contributed by atoms with Crippen molar-refractivity contribution < 1.29 is 9.59 Å². The maximum atomic E-state index is 12.4. The fourth-order valence-electron chi connectivity index (χ4n) is 3.24. The van der Waals surface area contributed by atoms with Gasteiger partial charge in [0.2, 0.25) is 0 Å². The molecular formula is C24H27N7O2. The van der Waals surface area contributed by atoms with Gasteiger partial charge in [-0.1, -0.05) is 18.2 Å². The third-order valence-corrected chi connectivity index (χ3v) is 4.81. The normalized spacial score (nSPS) is 10.5. The maximum Gasteiger partial charge on any atom is 0.319 e. The lowest BCUT2D eigenvalue weighted by atomic mass is 10.1. The van der Waals surface area contributed by atoms with E-state index in [2.05, 4.69) is 27.1 Å². The van der Waals surface area contributed by atoms with Crippen molar-refractivity contribution in [2.24, 2.45) is 0 Å². The molecule has 0 radical (unpaired) electrons. The van der Waals surface area contributed by atoms with Crippen LogP contribution in [0.2, 0.25) is 0 Å². The third-order valence-electron chi connectivity index (χ3n) is 4.81. The highest BCUT2D eigenvalue weighted by Gasteiger charge is 2.16. The highest BCUT2D eigenvalue weighted by molar-refractivity contribution is 5.95. The smallest absolute Gasteiger partial charge is 0.319 e. The number of carbonyl (C=O) groups is 2. The number of urea groups is 1. The molecule has 33 heavy (non-hydrogen) atoms. The summed E-state index contributed by atoms with van der Waals surface area (Å²) >= 11 is 0. The zero-order chi connectivity index (χ0) is 23.8. The number of aromatic nitrogens is 2. The number of nitrogen functional groups attached to an aromatic ring is 1. The molecule has 0 aliphatic heterocycles. The summed E-state index contributed by atoms with van der Waals surface area (Å²) in [7, 11) is 0. The lowest BCUT2D eigenvalue weighted by molar-refractivity contribution is 0.0953. The number of hydrogen-bond acceptors (Lipinski definition) is 5. The lowest BCUT2D eigenvalue weighted by Gasteiger charge is -2.10. The van der Waals surface area contributed by atoms with E-state index in [1.165, 1.54) is 0 Å². The molecule has 0 saturated heterocycles. The number of aryl methyl sites for hydroxylation is 1. The van der Waals surface area contributed by atoms with Gasteiger partial charge in [0.15, 0.2) is 0 Å². The third kappa shape index (κ3) is 6.11. The Morgan fingerprint density at radius 2 is 1.82 bits per heavy atom. The van der Waals surface area contributed by atoms with Crippen molar-refractivity contribution in [3.63, 3.8) is 0 Å². The molecule has 1 aromatic heterocycles. The van der Waals surface area contributed by atoms with Crippen molar-refractivity contribution >= 4 is 23.4 Å². The fourth-order valence-corrected chi connectivity index (χ4v) is 3.24. The van der Waals surface area contributed by atoms with Gasteiger partial charge in [-0.05, 0) is 63.1 Å². The SMILES string of the molecule is CC(C)NC(=O)Nc1ccc(C(=O)NCCCc2nn(-c3ccccc3)c(N)c2C#N)cc1. The van der Waals surface area contributed by atoms with Crippen LogP contribution < -0.4 is 21.7 Å². The number of anilines is 2. The van der Waals surface area contributed by atoms with E-state index in [0.717, 1.165) is 5.69 Å². The van der Waals surface area contributed by atoms with Gasteiger partial charge < -0.3 is 21.7 Å². The minimum atomic E-state index is -0.297. The quantitative estimate of drug-likeness (QED) is 0.395. The number of amides is 3. The Hall–Kier alpha value is -4.32. The highest BCUT2D eigenvalue weighted by Crippen LogP contribution is 2.21. The van der Waals surface area contributed by atoms with Crippen LogP contribution in [0.15, 0.2) is 54.6 Å². The van der Waals surface area contributed by atoms with Crippen molar-refractivity contribution in [2.45, 2.75) is 32.7 Å². The molecule has 1 heterocycles. The predicted molar refractivity (Wildman–Crippen MR) is 127 cm³/mol. The molecule has 9 heteroatoms. The molecule has 0 atom stereocenters. The molecule has 0 aliphatic carbocycles. The van der Waals surface area contributed by atoms with E-state index in [1.54, 1.807) is 28.9 Å². The van der Waals surface area contributed by atoms with Gasteiger partial charge in [-0.15, -0.1) is 0 Å². The number of nitriles is 1. The second kappa shape index (κ2) is 10.8. The Labute approximate surface area is 192 Å². The van der Waals surface area contributed by atoms with E-state index in [-0.39, 0.29) is 18.0 Å². The second-order valence-corrected chi connectivity index (χ2v) is 7.76. The summed E-state index contributed by atoms with van der Waals surface area (Å²) < 4.78 is 1.56. The number of nitrogens with zero attached hydrogens (tertiary/aromatic N) is 3. The van der Waals surface area contributed by atoms with Gasteiger partial charge in [-0.3, -0.25) is 4.79 Å². The minimum Gasteiger partial charge on any atom is -0.382 e. The molecule has 0 unspecified atom stereocenters. The first-order valence-corrected chi connectivity index (χ1v) is 10.7. The van der Waals surface area contributed by atoms with E-state index in [9.17, 15) is 14.9 Å². The Morgan fingerprint density at radius 3 is 2.45 bits per heavy atom. The summed E-state index contributed by atoms with van der Waals surface area (Å²) in [4.78, 5) is 24.1. The fraction of sp³-hybridized carbons (Fsp3) is 0.250. The summed E-state index contributed by atoms with van der Waals surface area (Å²) in [6.45, 7) is 4.16. The summed E-state index contributed by atoms with van der Waals surface area (Å²) in [6.07, 6.45) is 1.10. The van der Waals surface area contributed by atoms with Gasteiger partial charge in [-0.2, -0.15) is 10.4 Å². The number of hydrogen-bond donors (Lipinski definition) is 4. The van der Waals surface area contributed by atoms with Crippen LogP contribution in [0.3, 0.4) is 0 Å². The molecule has 170 valence electrons. The van der Waals surface area contributed by atoms with Gasteiger partial charge >= 0.3 is 6.03 Å². The molecule has 3 amide bonds. The number of para-hydroxylation sites is 1. The molecule has 3 rings (SSSR count). The average Bonchev–Trinajstić information content (AvgIpc) is 3.12. The molecule has 2 aromatic carbocycles. The minimum absolute atomic E-state index is 0.0304. The number of nitrogens with one attached hydrogen (secondary N) is 3. The Bertz CT molecular complexity index is 1150. The first kappa shape index (κ1) is 23.3. The van der Waals surface area contributed by atoms with Crippen molar-refractivity contribution in [1.82, 2.24) is 20.4 Å². The maximum absolute atomic E-state index is 12.4. The van der Waals surface area contributed by atoms with Gasteiger partial charge in [0.1, 0.15) is 17.5 Å². The van der Waals surface area contributed by atoms with E-state index in [1.807, 2.05) is 44.2 Å². The molecule has 0 bridgehead atoms. The van der Waals surface area contributed by atoms with Crippen molar-refractivity contribution in [1.29, 1.82) is 5.26 Å². The number of benzene rings is 2. The number of nitrogens with two attached hydrogens (primary N) is 1. The first-order chi connectivity index (χ1) is 15.9. The van der Waals surface area contributed by atoms with Gasteiger partial charge in [-0.25, -0.2) is 9.48 Å². The molecule has 0 fully saturated rings. The van der Waals surface area contributed by atoms with Crippen LogP contribution in [0, 0.1) is 11.3 Å². The lowest BCUT2D eigenvalue weighted by Crippen LogP contribution is -2.34. The predicted octanol–water partition coefficient (Wildman–Crippen LogP) is 3.22. The van der Waals surface area contributed by atoms with Crippen LogP contribution in [-0.2, 0) is 6.42 Å². The highest BCUT2D eigenvalue weighted by atomic mass is 16.2. The Balaban J connectivity index is 1.52. The van der Waals surface area contributed by atoms with Crippen molar-refractivity contribution in [3.8, 4) is 11.8 Å². The summed E-state index contributed by atoms with van der Waals surface area (Å²) in [5.74, 6) is 0.0847. The molecule has 0 aliphatic rings. The molecular weight excluding hydrogens is 418 g/mol. The molecule has 5 N–H and O–H groups in total. The average molecular weight is 446 g/mol. The van der Waals surface area contributed by atoms with Crippen molar-refractivity contribution in [3.05, 3.63) is 71.4 Å². The summed E-state index contributed by atoms with van der Waals surface area (Å²) in [5.41, 5.74) is 8.94. The van der Waals surface area contributed by atoms with Crippen LogP contribution in [0.1, 0.15) is 41.9 Å². The van der Waals surface area contributed by atoms with Crippen LogP contribution in [0.4, 0.5) is 16.3 Å². The number of rotatable bonds is 8. The van der Waals surface area contributed by atoms with Gasteiger partial charge in [0, 0.05) is 23.8 Å². The van der Waals surface area contributed by atoms with Gasteiger partial charge in [0.25, 0.3) is 5.91 Å². The zero-order valence-electron chi connectivity index (χ0n) is 18.6. The topological polar surface area (TPSA) is 138 Å². The monoisotopic (exact) mass is 445 g/mol. The zero-order valence-corrected chi connectivity index (χ0v) is 18.6. The van der Waals surface area contributed by atoms with E-state index in [4.69, 9.17) is 5.73 Å². The molecule has 3 aromatic rings. The molecule has 0 spiro atoms. The summed E-state index contributed by atoms with van der Waals surface area (Å²) in [6, 6.07) is 17.9. The van der Waals surface area contributed by atoms with Crippen LogP contribution in [0.5, 0.6) is 0 Å². The van der Waals surface area contributed by atoms with E-state index >= 15 is 0 Å². The van der Waals surface area contributed by atoms with Gasteiger partial charge in [0.05, 0.1) is 11.4 Å². The Kier molecular flexibility index (Phi) is 7.65. The van der Waals surface area contributed by atoms with E-state index in [0.29, 0.717) is 47.7 Å². The standard InChI is InChI=1S/C24H27N7O2/c1-16(2)28-24(33)29-18-12-10-17(11-13-18)23(32)27-14-6-9-21-20(15-25)22(26)31(30-21)19-7-4-3-5-8-19/h3-5,7-8,10-13,16H,6,9,14,26H2,1-2H3,(H,27,32)(H2,28,29,33). The van der Waals surface area contributed by atoms with E-state index < -0.39 is 0 Å². The Morgan fingerprint density at radius 1 is 1.12 bits per heavy atom. The number of carbonyl (C=O) groups excluding carboxylic acids is 2. The second-order valence-electron chi connectivity index (χ2n) is 7.76. The van der Waals surface area contributed by atoms with Crippen LogP contribution in [0.25, 0.3) is 5.69 Å². The summed E-state index contributed by atoms with van der Waals surface area (Å²) in [5, 5.41) is 22.3.